The zero-order valence-electron chi connectivity index (χ0n) is 18.9. The van der Waals surface area contributed by atoms with E-state index in [9.17, 15) is 9.59 Å². The van der Waals surface area contributed by atoms with Crippen LogP contribution in [0.4, 0.5) is 5.69 Å². The number of ether oxygens (including phenoxy) is 2. The highest BCUT2D eigenvalue weighted by atomic mass is 16.5. The van der Waals surface area contributed by atoms with Gasteiger partial charge in [0, 0.05) is 27.3 Å². The van der Waals surface area contributed by atoms with Gasteiger partial charge in [-0.15, -0.1) is 0 Å². The molecule has 0 spiro atoms. The highest BCUT2D eigenvalue weighted by molar-refractivity contribution is 6.45. The van der Waals surface area contributed by atoms with E-state index in [-0.39, 0.29) is 11.8 Å². The van der Waals surface area contributed by atoms with E-state index in [1.54, 1.807) is 14.2 Å². The topological polar surface area (TPSA) is 59.1 Å². The van der Waals surface area contributed by atoms with Gasteiger partial charge in [0.1, 0.15) is 5.70 Å². The molecule has 3 rings (SSSR count). The molecule has 0 atom stereocenters. The minimum Gasteiger partial charge on any atom is -0.383 e. The number of benzene rings is 2. The van der Waals surface area contributed by atoms with E-state index in [2.05, 4.69) is 0 Å². The van der Waals surface area contributed by atoms with Crippen LogP contribution in [0.3, 0.4) is 0 Å². The maximum Gasteiger partial charge on any atom is 0.282 e. The van der Waals surface area contributed by atoms with Gasteiger partial charge in [0.25, 0.3) is 11.8 Å². The van der Waals surface area contributed by atoms with Gasteiger partial charge in [0.15, 0.2) is 0 Å². The molecule has 0 N–H and O–H groups in total. The number of carbonyl (C=O) groups is 2. The molecule has 0 fully saturated rings. The third-order valence-electron chi connectivity index (χ3n) is 5.31. The Hall–Kier alpha value is -2.96. The molecular formula is C25H30N2O4. The van der Waals surface area contributed by atoms with Gasteiger partial charge in [-0.2, -0.15) is 0 Å². The minimum absolute atomic E-state index is 0.311. The summed E-state index contributed by atoms with van der Waals surface area (Å²) in [6, 6.07) is 13.4. The molecule has 0 bridgehead atoms. The molecule has 31 heavy (non-hydrogen) atoms. The molecule has 0 aromatic heterocycles. The summed E-state index contributed by atoms with van der Waals surface area (Å²) >= 11 is 0. The first-order valence-electron chi connectivity index (χ1n) is 10.4. The Morgan fingerprint density at radius 3 is 1.84 bits per heavy atom. The van der Waals surface area contributed by atoms with E-state index in [1.807, 2.05) is 68.1 Å². The SMILES string of the molecule is COCCN(CCOC)C1=C(c2ccc(C)cc2)C(=O)N(c2cc(C)cc(C)c2)C1=O. The van der Waals surface area contributed by atoms with Crippen LogP contribution in [0, 0.1) is 20.8 Å². The monoisotopic (exact) mass is 422 g/mol. The van der Waals surface area contributed by atoms with Crippen molar-refractivity contribution in [2.75, 3.05) is 45.4 Å². The number of hydrogen-bond donors (Lipinski definition) is 0. The quantitative estimate of drug-likeness (QED) is 0.579. The zero-order chi connectivity index (χ0) is 22.5. The molecule has 1 aliphatic heterocycles. The normalized spacial score (nSPS) is 14.0. The average molecular weight is 423 g/mol. The number of methoxy groups -OCH3 is 2. The average Bonchev–Trinajstić information content (AvgIpc) is 2.98. The number of aryl methyl sites for hydroxylation is 3. The molecule has 0 saturated heterocycles. The summed E-state index contributed by atoms with van der Waals surface area (Å²) in [6.07, 6.45) is 0. The highest BCUT2D eigenvalue weighted by Gasteiger charge is 2.42. The Balaban J connectivity index is 2.14. The fourth-order valence-electron chi connectivity index (χ4n) is 3.84. The first-order chi connectivity index (χ1) is 14.9. The molecule has 2 amide bonds. The van der Waals surface area contributed by atoms with Crippen LogP contribution in [-0.2, 0) is 19.1 Å². The van der Waals surface area contributed by atoms with Crippen LogP contribution < -0.4 is 4.90 Å². The van der Waals surface area contributed by atoms with E-state index in [4.69, 9.17) is 9.47 Å². The number of imide groups is 1. The molecule has 2 aromatic carbocycles. The van der Waals surface area contributed by atoms with Gasteiger partial charge in [-0.1, -0.05) is 35.9 Å². The molecule has 2 aromatic rings. The number of amides is 2. The molecule has 0 radical (unpaired) electrons. The Labute approximate surface area is 184 Å². The van der Waals surface area contributed by atoms with Gasteiger partial charge >= 0.3 is 0 Å². The van der Waals surface area contributed by atoms with Gasteiger partial charge in [0.05, 0.1) is 24.5 Å². The smallest absolute Gasteiger partial charge is 0.282 e. The van der Waals surface area contributed by atoms with Crippen LogP contribution in [0.5, 0.6) is 0 Å². The maximum absolute atomic E-state index is 13.7. The second-order valence-electron chi connectivity index (χ2n) is 7.85. The predicted molar refractivity (Wildman–Crippen MR) is 122 cm³/mol. The summed E-state index contributed by atoms with van der Waals surface area (Å²) < 4.78 is 10.5. The van der Waals surface area contributed by atoms with E-state index in [1.165, 1.54) is 4.90 Å². The standard InChI is InChI=1S/C25H30N2O4/c1-17-6-8-20(9-7-17)22-23(26(10-12-30-4)11-13-31-5)25(29)27(24(22)28)21-15-18(2)14-19(3)16-21/h6-9,14-16H,10-13H2,1-5H3. The van der Waals surface area contributed by atoms with Crippen molar-refractivity contribution >= 4 is 23.1 Å². The Morgan fingerprint density at radius 1 is 0.774 bits per heavy atom. The summed E-state index contributed by atoms with van der Waals surface area (Å²) in [4.78, 5) is 30.5. The summed E-state index contributed by atoms with van der Waals surface area (Å²) in [6.45, 7) is 7.72. The van der Waals surface area contributed by atoms with Crippen molar-refractivity contribution in [3.05, 3.63) is 70.4 Å². The molecule has 6 heteroatoms. The van der Waals surface area contributed by atoms with Crippen LogP contribution in [0.25, 0.3) is 5.57 Å². The molecule has 1 heterocycles. The van der Waals surface area contributed by atoms with Crippen molar-refractivity contribution in [1.82, 2.24) is 4.90 Å². The van der Waals surface area contributed by atoms with Gasteiger partial charge in [0.2, 0.25) is 0 Å². The second kappa shape index (κ2) is 9.90. The van der Waals surface area contributed by atoms with E-state index in [0.717, 1.165) is 22.3 Å². The number of hydrogen-bond acceptors (Lipinski definition) is 5. The zero-order valence-corrected chi connectivity index (χ0v) is 18.9. The number of anilines is 1. The predicted octanol–water partition coefficient (Wildman–Crippen LogP) is 3.49. The lowest BCUT2D eigenvalue weighted by Gasteiger charge is -2.25. The number of nitrogens with zero attached hydrogens (tertiary/aromatic N) is 2. The van der Waals surface area contributed by atoms with Crippen molar-refractivity contribution < 1.29 is 19.1 Å². The van der Waals surface area contributed by atoms with Gasteiger partial charge in [-0.25, -0.2) is 4.90 Å². The van der Waals surface area contributed by atoms with Crippen LogP contribution >= 0.6 is 0 Å². The third-order valence-corrected chi connectivity index (χ3v) is 5.31. The second-order valence-corrected chi connectivity index (χ2v) is 7.85. The fraction of sp³-hybridized carbons (Fsp3) is 0.360. The van der Waals surface area contributed by atoms with Crippen molar-refractivity contribution in [2.45, 2.75) is 20.8 Å². The van der Waals surface area contributed by atoms with Crippen molar-refractivity contribution in [2.24, 2.45) is 0 Å². The largest absolute Gasteiger partial charge is 0.383 e. The summed E-state index contributed by atoms with van der Waals surface area (Å²) in [5.74, 6) is -0.633. The Morgan fingerprint density at radius 2 is 1.32 bits per heavy atom. The lowest BCUT2D eigenvalue weighted by atomic mass is 10.0. The van der Waals surface area contributed by atoms with E-state index < -0.39 is 0 Å². The number of rotatable bonds is 9. The van der Waals surface area contributed by atoms with Crippen LogP contribution in [0.1, 0.15) is 22.3 Å². The van der Waals surface area contributed by atoms with Crippen molar-refractivity contribution in [1.29, 1.82) is 0 Å². The van der Waals surface area contributed by atoms with Gasteiger partial charge < -0.3 is 14.4 Å². The van der Waals surface area contributed by atoms with E-state index in [0.29, 0.717) is 43.3 Å². The summed E-state index contributed by atoms with van der Waals surface area (Å²) in [7, 11) is 3.24. The number of carbonyl (C=O) groups excluding carboxylic acids is 2. The third kappa shape index (κ3) is 4.86. The Kier molecular flexibility index (Phi) is 7.25. The van der Waals surface area contributed by atoms with Gasteiger partial charge in [-0.05, 0) is 49.6 Å². The molecule has 6 nitrogen and oxygen atoms in total. The molecular weight excluding hydrogens is 392 g/mol. The van der Waals surface area contributed by atoms with Gasteiger partial charge in [-0.3, -0.25) is 9.59 Å². The minimum atomic E-state index is -0.321. The van der Waals surface area contributed by atoms with E-state index >= 15 is 0 Å². The molecule has 1 aliphatic rings. The Bertz CT molecular complexity index is 967. The molecule has 0 aliphatic carbocycles. The van der Waals surface area contributed by atoms with Crippen LogP contribution in [0.2, 0.25) is 0 Å². The highest BCUT2D eigenvalue weighted by Crippen LogP contribution is 2.35. The summed E-state index contributed by atoms with van der Waals surface area (Å²) in [5.41, 5.74) is 5.20. The van der Waals surface area contributed by atoms with Crippen molar-refractivity contribution in [3.63, 3.8) is 0 Å². The van der Waals surface area contributed by atoms with Crippen molar-refractivity contribution in [3.8, 4) is 0 Å². The maximum atomic E-state index is 13.7. The fourth-order valence-corrected chi connectivity index (χ4v) is 3.84. The summed E-state index contributed by atoms with van der Waals surface area (Å²) in [5, 5.41) is 0. The molecule has 164 valence electrons. The lowest BCUT2D eigenvalue weighted by Crippen LogP contribution is -2.37. The molecule has 0 saturated carbocycles. The van der Waals surface area contributed by atoms with Crippen LogP contribution in [-0.4, -0.2) is 57.2 Å². The molecule has 0 unspecified atom stereocenters. The first-order valence-corrected chi connectivity index (χ1v) is 10.4. The lowest BCUT2D eigenvalue weighted by molar-refractivity contribution is -0.120. The van der Waals surface area contributed by atoms with Crippen LogP contribution in [0.15, 0.2) is 48.2 Å². The first kappa shape index (κ1) is 22.7.